The van der Waals surface area contributed by atoms with Gasteiger partial charge in [-0.1, -0.05) is 23.2 Å². The van der Waals surface area contributed by atoms with E-state index in [1.54, 1.807) is 0 Å². The van der Waals surface area contributed by atoms with E-state index in [0.29, 0.717) is 5.52 Å². The Morgan fingerprint density at radius 3 is 2.60 bits per heavy atom. The van der Waals surface area contributed by atoms with Crippen LogP contribution < -0.4 is 0 Å². The Bertz CT molecular complexity index is 943. The van der Waals surface area contributed by atoms with E-state index in [0.717, 1.165) is 0 Å². The van der Waals surface area contributed by atoms with E-state index in [1.165, 1.54) is 18.2 Å². The standard InChI is InChI=1S/C14H7Cl2NO3/c15-9-3-8(4-10(16)6-9)13-17-11-2-1-7(14(18)19)5-12(11)20-13/h1-6H,(H,18,19)/i3D,4D,6D. The largest absolute Gasteiger partial charge is 0.478 e. The zero-order chi connectivity index (χ0) is 16.9. The van der Waals surface area contributed by atoms with Gasteiger partial charge in [-0.05, 0) is 36.3 Å². The molecule has 0 saturated heterocycles. The van der Waals surface area contributed by atoms with Gasteiger partial charge in [-0.25, -0.2) is 9.78 Å². The predicted molar refractivity (Wildman–Crippen MR) is 76.4 cm³/mol. The van der Waals surface area contributed by atoms with Crippen molar-refractivity contribution in [3.63, 3.8) is 0 Å². The number of aromatic carboxylic acids is 1. The molecule has 1 heterocycles. The van der Waals surface area contributed by atoms with Crippen LogP contribution in [0, 0.1) is 0 Å². The third-order valence-corrected chi connectivity index (χ3v) is 2.92. The second kappa shape index (κ2) is 4.81. The van der Waals surface area contributed by atoms with Gasteiger partial charge in [-0.3, -0.25) is 0 Å². The SMILES string of the molecule is [2H]c1c(Cl)c([2H])c(-c2nc3ccc(C(=O)O)cc3o2)c([2H])c1Cl. The van der Waals surface area contributed by atoms with Gasteiger partial charge in [-0.2, -0.15) is 0 Å². The zero-order valence-corrected chi connectivity index (χ0v) is 11.2. The molecular weight excluding hydrogens is 301 g/mol. The molecule has 4 nitrogen and oxygen atoms in total. The molecule has 0 atom stereocenters. The fourth-order valence-corrected chi connectivity index (χ4v) is 2.11. The molecule has 1 aromatic heterocycles. The Kier molecular flexibility index (Phi) is 2.36. The molecule has 0 bridgehead atoms. The highest BCUT2D eigenvalue weighted by Crippen LogP contribution is 2.29. The van der Waals surface area contributed by atoms with Crippen molar-refractivity contribution in [2.24, 2.45) is 0 Å². The summed E-state index contributed by atoms with van der Waals surface area (Å²) < 4.78 is 29.1. The van der Waals surface area contributed by atoms with Crippen molar-refractivity contribution in [2.75, 3.05) is 0 Å². The number of nitrogens with zero attached hydrogens (tertiary/aromatic N) is 1. The van der Waals surface area contributed by atoms with E-state index >= 15 is 0 Å². The van der Waals surface area contributed by atoms with Crippen molar-refractivity contribution in [3.8, 4) is 11.5 Å². The maximum atomic E-state index is 11.0. The number of oxazole rings is 1. The van der Waals surface area contributed by atoms with Crippen LogP contribution in [0.1, 0.15) is 14.5 Å². The first kappa shape index (κ1) is 9.80. The van der Waals surface area contributed by atoms with Crippen molar-refractivity contribution in [1.82, 2.24) is 4.98 Å². The van der Waals surface area contributed by atoms with Gasteiger partial charge in [0.25, 0.3) is 0 Å². The van der Waals surface area contributed by atoms with Crippen LogP contribution in [0.4, 0.5) is 0 Å². The van der Waals surface area contributed by atoms with Gasteiger partial charge in [0.15, 0.2) is 5.58 Å². The van der Waals surface area contributed by atoms with Gasteiger partial charge in [0.2, 0.25) is 5.89 Å². The fraction of sp³-hybridized carbons (Fsp3) is 0. The molecular formula is C14H7Cl2NO3. The fourth-order valence-electron chi connectivity index (χ4n) is 1.68. The number of hydrogen-bond donors (Lipinski definition) is 1. The number of halogens is 2. The molecule has 3 aromatic rings. The van der Waals surface area contributed by atoms with Crippen LogP contribution in [0.2, 0.25) is 10.0 Å². The van der Waals surface area contributed by atoms with Gasteiger partial charge >= 0.3 is 5.97 Å². The maximum Gasteiger partial charge on any atom is 0.335 e. The Hall–Kier alpha value is -2.04. The van der Waals surface area contributed by atoms with Crippen molar-refractivity contribution in [2.45, 2.75) is 0 Å². The number of carbonyl (C=O) groups is 1. The molecule has 3 rings (SSSR count). The summed E-state index contributed by atoms with van der Waals surface area (Å²) in [5.74, 6) is -1.20. The molecule has 6 heteroatoms. The van der Waals surface area contributed by atoms with Crippen LogP contribution in [-0.2, 0) is 0 Å². The van der Waals surface area contributed by atoms with Crippen LogP contribution >= 0.6 is 23.2 Å². The summed E-state index contributed by atoms with van der Waals surface area (Å²) >= 11 is 11.8. The van der Waals surface area contributed by atoms with Crippen molar-refractivity contribution < 1.29 is 18.4 Å². The first-order valence-corrected chi connectivity index (χ1v) is 6.16. The third kappa shape index (κ3) is 2.35. The summed E-state index contributed by atoms with van der Waals surface area (Å²) in [4.78, 5) is 15.1. The van der Waals surface area contributed by atoms with E-state index in [4.69, 9.17) is 36.8 Å². The second-order valence-corrected chi connectivity index (χ2v) is 4.64. The molecule has 0 fully saturated rings. The lowest BCUT2D eigenvalue weighted by molar-refractivity contribution is 0.0697. The van der Waals surface area contributed by atoms with Gasteiger partial charge < -0.3 is 9.52 Å². The molecule has 0 aliphatic rings. The van der Waals surface area contributed by atoms with Crippen LogP contribution in [0.25, 0.3) is 22.6 Å². The van der Waals surface area contributed by atoms with Crippen LogP contribution in [0.15, 0.2) is 40.7 Å². The quantitative estimate of drug-likeness (QED) is 0.757. The Morgan fingerprint density at radius 2 is 1.95 bits per heavy atom. The highest BCUT2D eigenvalue weighted by molar-refractivity contribution is 6.35. The minimum Gasteiger partial charge on any atom is -0.478 e. The number of hydrogen-bond acceptors (Lipinski definition) is 3. The highest BCUT2D eigenvalue weighted by Gasteiger charge is 2.12. The zero-order valence-electron chi connectivity index (χ0n) is 12.7. The number of carboxylic acids is 1. The van der Waals surface area contributed by atoms with E-state index in [1.807, 2.05) is 0 Å². The Balaban J connectivity index is 2.27. The normalized spacial score (nSPS) is 13.0. The number of benzene rings is 2. The van der Waals surface area contributed by atoms with Crippen molar-refractivity contribution >= 4 is 40.3 Å². The summed E-state index contributed by atoms with van der Waals surface area (Å²) in [6.07, 6.45) is 0. The molecule has 100 valence electrons. The van der Waals surface area contributed by atoms with E-state index in [9.17, 15) is 4.79 Å². The molecule has 20 heavy (non-hydrogen) atoms. The van der Waals surface area contributed by atoms with Crippen LogP contribution in [0.5, 0.6) is 0 Å². The average Bonchev–Trinajstić information content (AvgIpc) is 2.93. The smallest absolute Gasteiger partial charge is 0.335 e. The van der Waals surface area contributed by atoms with E-state index in [2.05, 4.69) is 4.98 Å². The van der Waals surface area contributed by atoms with E-state index < -0.39 is 5.97 Å². The second-order valence-electron chi connectivity index (χ2n) is 3.88. The molecule has 1 N–H and O–H groups in total. The number of fused-ring (bicyclic) bond motifs is 1. The third-order valence-electron chi connectivity index (χ3n) is 2.54. The molecule has 0 amide bonds. The van der Waals surface area contributed by atoms with Gasteiger partial charge in [0, 0.05) is 15.6 Å². The number of carboxylic acid groups (broad SMARTS) is 1. The minimum absolute atomic E-state index is 0.0231. The number of rotatable bonds is 2. The maximum absolute atomic E-state index is 11.0. The van der Waals surface area contributed by atoms with Crippen LogP contribution in [0.3, 0.4) is 0 Å². The van der Waals surface area contributed by atoms with E-state index in [-0.39, 0.29) is 50.8 Å². The van der Waals surface area contributed by atoms with Crippen molar-refractivity contribution in [1.29, 1.82) is 0 Å². The molecule has 0 radical (unpaired) electrons. The predicted octanol–water partition coefficient (Wildman–Crippen LogP) is 4.50. The Morgan fingerprint density at radius 1 is 1.25 bits per heavy atom. The molecule has 0 aliphatic heterocycles. The molecule has 0 aliphatic carbocycles. The topological polar surface area (TPSA) is 63.3 Å². The lowest BCUT2D eigenvalue weighted by Gasteiger charge is -1.97. The Labute approximate surface area is 127 Å². The molecule has 0 unspecified atom stereocenters. The summed E-state index contributed by atoms with van der Waals surface area (Å²) in [5.41, 5.74) is 0.533. The summed E-state index contributed by atoms with van der Waals surface area (Å²) in [6.45, 7) is 0. The summed E-state index contributed by atoms with van der Waals surface area (Å²) in [7, 11) is 0. The lowest BCUT2D eigenvalue weighted by atomic mass is 10.2. The minimum atomic E-state index is -1.11. The lowest BCUT2D eigenvalue weighted by Crippen LogP contribution is -1.94. The first-order chi connectivity index (χ1) is 10.8. The average molecular weight is 311 g/mol. The summed E-state index contributed by atoms with van der Waals surface area (Å²) in [6, 6.07) is 3.22. The number of aromatic nitrogens is 1. The molecule has 2 aromatic carbocycles. The van der Waals surface area contributed by atoms with Gasteiger partial charge in [0.05, 0.1) is 9.68 Å². The molecule has 0 saturated carbocycles. The van der Waals surface area contributed by atoms with Crippen LogP contribution in [-0.4, -0.2) is 16.1 Å². The monoisotopic (exact) mass is 310 g/mol. The van der Waals surface area contributed by atoms with Gasteiger partial charge in [0.1, 0.15) is 5.52 Å². The highest BCUT2D eigenvalue weighted by atomic mass is 35.5. The first-order valence-electron chi connectivity index (χ1n) is 6.90. The van der Waals surface area contributed by atoms with Crippen molar-refractivity contribution in [3.05, 3.63) is 51.9 Å². The van der Waals surface area contributed by atoms with Gasteiger partial charge in [-0.15, -0.1) is 0 Å². The summed E-state index contributed by atoms with van der Waals surface area (Å²) in [5, 5.41) is 8.55. The molecule has 0 spiro atoms.